The quantitative estimate of drug-likeness (QED) is 0.247. The lowest BCUT2D eigenvalue weighted by atomic mass is 10.3. The van der Waals surface area contributed by atoms with Crippen molar-refractivity contribution in [3.63, 3.8) is 0 Å². The lowest BCUT2D eigenvalue weighted by Crippen LogP contribution is -1.94. The zero-order valence-corrected chi connectivity index (χ0v) is 9.33. The van der Waals surface area contributed by atoms with Gasteiger partial charge < -0.3 is 4.74 Å². The zero-order chi connectivity index (χ0) is 12.7. The first kappa shape index (κ1) is 12.7. The van der Waals surface area contributed by atoms with Crippen LogP contribution in [0.1, 0.15) is 6.42 Å². The minimum atomic E-state index is -0.450. The predicted octanol–water partition coefficient (Wildman–Crippen LogP) is 3.62. The van der Waals surface area contributed by atoms with Crippen LogP contribution in [0.5, 0.6) is 5.75 Å². The fourth-order valence-corrected chi connectivity index (χ4v) is 1.20. The summed E-state index contributed by atoms with van der Waals surface area (Å²) >= 11 is 0. The molecular formula is C13H13NO3. The first-order chi connectivity index (χ1) is 8.17. The third kappa shape index (κ3) is 3.95. The van der Waals surface area contributed by atoms with Crippen molar-refractivity contribution in [1.82, 2.24) is 0 Å². The van der Waals surface area contributed by atoms with Gasteiger partial charge in [-0.25, -0.2) is 0 Å². The summed E-state index contributed by atoms with van der Waals surface area (Å²) in [5, 5.41) is 10.5. The number of hydrogen-bond acceptors (Lipinski definition) is 3. The molecule has 0 radical (unpaired) electrons. The Morgan fingerprint density at radius 2 is 2.00 bits per heavy atom. The van der Waals surface area contributed by atoms with Crippen molar-refractivity contribution >= 4 is 5.69 Å². The molecule has 0 saturated heterocycles. The van der Waals surface area contributed by atoms with Crippen LogP contribution in [0, 0.1) is 10.1 Å². The lowest BCUT2D eigenvalue weighted by molar-refractivity contribution is -0.384. The van der Waals surface area contributed by atoms with Crippen LogP contribution in [0.15, 0.2) is 61.4 Å². The van der Waals surface area contributed by atoms with E-state index in [4.69, 9.17) is 4.74 Å². The van der Waals surface area contributed by atoms with E-state index in [2.05, 4.69) is 13.2 Å². The Bertz CT molecular complexity index is 446. The summed E-state index contributed by atoms with van der Waals surface area (Å²) in [6, 6.07) is 5.90. The van der Waals surface area contributed by atoms with E-state index in [1.54, 1.807) is 30.4 Å². The first-order valence-corrected chi connectivity index (χ1v) is 5.02. The van der Waals surface area contributed by atoms with Gasteiger partial charge in [-0.1, -0.05) is 18.7 Å². The van der Waals surface area contributed by atoms with Gasteiger partial charge in [-0.05, 0) is 18.2 Å². The van der Waals surface area contributed by atoms with Gasteiger partial charge in [-0.2, -0.15) is 0 Å². The molecule has 0 heterocycles. The Morgan fingerprint density at radius 3 is 2.47 bits per heavy atom. The second-order valence-electron chi connectivity index (χ2n) is 3.21. The van der Waals surface area contributed by atoms with Crippen molar-refractivity contribution in [3.05, 3.63) is 71.5 Å². The standard InChI is InChI=1S/C13H13NO3/c1-3-5-12(6-4-2)17-13-9-7-11(8-10-13)14(15)16/h3-5,7-10H,1-2,6H2/b12-5+. The van der Waals surface area contributed by atoms with Gasteiger partial charge in [-0.3, -0.25) is 10.1 Å². The minimum Gasteiger partial charge on any atom is -0.461 e. The number of hydrogen-bond donors (Lipinski definition) is 0. The average molecular weight is 231 g/mol. The van der Waals surface area contributed by atoms with Gasteiger partial charge in [-0.15, -0.1) is 6.58 Å². The van der Waals surface area contributed by atoms with E-state index >= 15 is 0 Å². The zero-order valence-electron chi connectivity index (χ0n) is 9.33. The van der Waals surface area contributed by atoms with Crippen LogP contribution >= 0.6 is 0 Å². The van der Waals surface area contributed by atoms with Crippen molar-refractivity contribution < 1.29 is 9.66 Å². The van der Waals surface area contributed by atoms with E-state index in [9.17, 15) is 10.1 Å². The molecule has 0 aliphatic heterocycles. The summed E-state index contributed by atoms with van der Waals surface area (Å²) in [6.45, 7) is 7.20. The Kier molecular flexibility index (Phi) is 4.69. The summed E-state index contributed by atoms with van der Waals surface area (Å²) < 4.78 is 5.53. The van der Waals surface area contributed by atoms with Crippen LogP contribution in [-0.2, 0) is 0 Å². The normalized spacial score (nSPS) is 10.7. The maximum absolute atomic E-state index is 10.5. The summed E-state index contributed by atoms with van der Waals surface area (Å²) in [5.41, 5.74) is 0.0373. The molecule has 4 heteroatoms. The van der Waals surface area contributed by atoms with Gasteiger partial charge in [0.2, 0.25) is 0 Å². The van der Waals surface area contributed by atoms with Crippen LogP contribution < -0.4 is 4.74 Å². The smallest absolute Gasteiger partial charge is 0.269 e. The van der Waals surface area contributed by atoms with Gasteiger partial charge in [0.05, 0.1) is 4.92 Å². The van der Waals surface area contributed by atoms with Crippen molar-refractivity contribution in [2.45, 2.75) is 6.42 Å². The number of nitro groups is 1. The summed E-state index contributed by atoms with van der Waals surface area (Å²) in [7, 11) is 0. The van der Waals surface area contributed by atoms with Crippen LogP contribution in [0.3, 0.4) is 0 Å². The summed E-state index contributed by atoms with van der Waals surface area (Å²) in [4.78, 5) is 10.0. The van der Waals surface area contributed by atoms with Crippen molar-refractivity contribution in [3.8, 4) is 5.75 Å². The maximum atomic E-state index is 10.5. The third-order valence-electron chi connectivity index (χ3n) is 1.95. The number of rotatable bonds is 6. The fourth-order valence-electron chi connectivity index (χ4n) is 1.20. The van der Waals surface area contributed by atoms with Gasteiger partial charge in [0.15, 0.2) is 0 Å². The largest absolute Gasteiger partial charge is 0.461 e. The average Bonchev–Trinajstić information content (AvgIpc) is 2.30. The van der Waals surface area contributed by atoms with Gasteiger partial charge in [0.25, 0.3) is 5.69 Å². The Labute approximate surface area is 99.7 Å². The molecule has 0 aromatic heterocycles. The second-order valence-corrected chi connectivity index (χ2v) is 3.21. The van der Waals surface area contributed by atoms with Crippen molar-refractivity contribution in [1.29, 1.82) is 0 Å². The monoisotopic (exact) mass is 231 g/mol. The van der Waals surface area contributed by atoms with E-state index in [0.29, 0.717) is 17.9 Å². The predicted molar refractivity (Wildman–Crippen MR) is 66.8 cm³/mol. The molecule has 0 bridgehead atoms. The minimum absolute atomic E-state index is 0.0373. The molecule has 17 heavy (non-hydrogen) atoms. The Hall–Kier alpha value is -2.36. The highest BCUT2D eigenvalue weighted by Gasteiger charge is 2.05. The highest BCUT2D eigenvalue weighted by Crippen LogP contribution is 2.20. The Morgan fingerprint density at radius 1 is 1.35 bits per heavy atom. The fraction of sp³-hybridized carbons (Fsp3) is 0.0769. The van der Waals surface area contributed by atoms with E-state index in [1.165, 1.54) is 12.1 Å². The molecule has 0 spiro atoms. The first-order valence-electron chi connectivity index (χ1n) is 5.02. The van der Waals surface area contributed by atoms with Gasteiger partial charge in [0.1, 0.15) is 11.5 Å². The topological polar surface area (TPSA) is 52.4 Å². The molecule has 4 nitrogen and oxygen atoms in total. The number of ether oxygens (including phenoxy) is 1. The molecule has 1 rings (SSSR count). The van der Waals surface area contributed by atoms with Crippen LogP contribution in [0.2, 0.25) is 0 Å². The molecular weight excluding hydrogens is 218 g/mol. The van der Waals surface area contributed by atoms with Crippen LogP contribution in [-0.4, -0.2) is 4.92 Å². The van der Waals surface area contributed by atoms with Crippen molar-refractivity contribution in [2.24, 2.45) is 0 Å². The van der Waals surface area contributed by atoms with E-state index in [1.807, 2.05) is 0 Å². The van der Waals surface area contributed by atoms with Gasteiger partial charge in [0, 0.05) is 18.6 Å². The Balaban J connectivity index is 2.80. The lowest BCUT2D eigenvalue weighted by Gasteiger charge is -2.07. The molecule has 88 valence electrons. The number of benzene rings is 1. The van der Waals surface area contributed by atoms with Gasteiger partial charge >= 0.3 is 0 Å². The maximum Gasteiger partial charge on any atom is 0.269 e. The van der Waals surface area contributed by atoms with Crippen molar-refractivity contribution in [2.75, 3.05) is 0 Å². The highest BCUT2D eigenvalue weighted by atomic mass is 16.6. The second kappa shape index (κ2) is 6.27. The molecule has 1 aromatic carbocycles. The van der Waals surface area contributed by atoms with E-state index in [-0.39, 0.29) is 5.69 Å². The molecule has 1 aromatic rings. The molecule has 0 unspecified atom stereocenters. The number of allylic oxidation sites excluding steroid dienone is 3. The molecule has 0 aliphatic carbocycles. The number of non-ortho nitro benzene ring substituents is 1. The molecule has 0 aliphatic rings. The highest BCUT2D eigenvalue weighted by molar-refractivity contribution is 5.36. The summed E-state index contributed by atoms with van der Waals surface area (Å²) in [6.07, 6.45) is 5.62. The number of nitrogens with zero attached hydrogens (tertiary/aromatic N) is 1. The third-order valence-corrected chi connectivity index (χ3v) is 1.95. The van der Waals surface area contributed by atoms with E-state index in [0.717, 1.165) is 0 Å². The van der Waals surface area contributed by atoms with Crippen LogP contribution in [0.4, 0.5) is 5.69 Å². The molecule has 0 atom stereocenters. The molecule has 0 N–H and O–H groups in total. The molecule has 0 amide bonds. The molecule has 0 saturated carbocycles. The molecule has 0 fully saturated rings. The number of nitro benzene ring substituents is 1. The SMILES string of the molecule is C=C/C=C(\CC=C)Oc1ccc([N+](=O)[O-])cc1. The summed E-state index contributed by atoms with van der Waals surface area (Å²) in [5.74, 6) is 1.23. The van der Waals surface area contributed by atoms with E-state index < -0.39 is 4.92 Å². The van der Waals surface area contributed by atoms with Crippen LogP contribution in [0.25, 0.3) is 0 Å².